The molecule has 18 heavy (non-hydrogen) atoms. The lowest BCUT2D eigenvalue weighted by Crippen LogP contribution is -2.41. The second-order valence-corrected chi connectivity index (χ2v) is 5.79. The summed E-state index contributed by atoms with van der Waals surface area (Å²) in [5.41, 5.74) is 0.743. The van der Waals surface area contributed by atoms with Crippen LogP contribution in [0.4, 0.5) is 0 Å². The Labute approximate surface area is 128 Å². The first-order valence-electron chi connectivity index (χ1n) is 6.26. The Kier molecular flexibility index (Phi) is 7.00. The van der Waals surface area contributed by atoms with E-state index in [0.717, 1.165) is 22.0 Å². The average molecular weight is 380 g/mol. The van der Waals surface area contributed by atoms with E-state index in [2.05, 4.69) is 36.4 Å². The van der Waals surface area contributed by atoms with Crippen molar-refractivity contribution in [3.05, 3.63) is 33.4 Å². The molecular weight excluding hydrogens is 361 g/mol. The molecule has 0 heterocycles. The summed E-state index contributed by atoms with van der Waals surface area (Å²) in [5, 5.41) is 0. The summed E-state index contributed by atoms with van der Waals surface area (Å²) in [5.74, 6) is 0.563. The minimum absolute atomic E-state index is 0.0840. The SMILES string of the molecule is CCC(CC)N(CCCl)C(=O)c1ccc(I)cc1. The van der Waals surface area contributed by atoms with E-state index in [1.54, 1.807) is 0 Å². The number of alkyl halides is 1. The van der Waals surface area contributed by atoms with Gasteiger partial charge in [-0.2, -0.15) is 0 Å². The molecule has 0 unspecified atom stereocenters. The maximum Gasteiger partial charge on any atom is 0.254 e. The molecule has 0 radical (unpaired) electrons. The average Bonchev–Trinajstić information content (AvgIpc) is 2.39. The molecule has 1 aromatic carbocycles. The van der Waals surface area contributed by atoms with Crippen molar-refractivity contribution in [1.82, 2.24) is 4.90 Å². The molecule has 4 heteroatoms. The molecule has 1 rings (SSSR count). The molecule has 0 aliphatic heterocycles. The van der Waals surface area contributed by atoms with E-state index < -0.39 is 0 Å². The van der Waals surface area contributed by atoms with E-state index in [-0.39, 0.29) is 11.9 Å². The normalized spacial score (nSPS) is 10.7. The molecule has 0 atom stereocenters. The second kappa shape index (κ2) is 8.00. The summed E-state index contributed by atoms with van der Waals surface area (Å²) in [4.78, 5) is 14.4. The Morgan fingerprint density at radius 3 is 2.28 bits per heavy atom. The van der Waals surface area contributed by atoms with Gasteiger partial charge in [-0.25, -0.2) is 0 Å². The van der Waals surface area contributed by atoms with Crippen LogP contribution in [-0.2, 0) is 0 Å². The first-order chi connectivity index (χ1) is 8.63. The number of carbonyl (C=O) groups excluding carboxylic acids is 1. The highest BCUT2D eigenvalue weighted by Crippen LogP contribution is 2.15. The van der Waals surface area contributed by atoms with E-state index in [0.29, 0.717) is 12.4 Å². The highest BCUT2D eigenvalue weighted by Gasteiger charge is 2.21. The highest BCUT2D eigenvalue weighted by molar-refractivity contribution is 14.1. The molecule has 0 aliphatic rings. The van der Waals surface area contributed by atoms with Crippen LogP contribution in [0.1, 0.15) is 37.0 Å². The summed E-state index contributed by atoms with van der Waals surface area (Å²) < 4.78 is 1.13. The third-order valence-electron chi connectivity index (χ3n) is 3.06. The molecule has 0 spiro atoms. The van der Waals surface area contributed by atoms with Gasteiger partial charge in [0.25, 0.3) is 5.91 Å². The van der Waals surface area contributed by atoms with Crippen LogP contribution in [0.2, 0.25) is 0 Å². The lowest BCUT2D eigenvalue weighted by atomic mass is 10.1. The van der Waals surface area contributed by atoms with Crippen LogP contribution in [0.25, 0.3) is 0 Å². The van der Waals surface area contributed by atoms with Crippen LogP contribution < -0.4 is 0 Å². The molecule has 0 saturated heterocycles. The summed E-state index contributed by atoms with van der Waals surface area (Å²) >= 11 is 8.05. The number of halogens is 2. The molecule has 100 valence electrons. The first kappa shape index (κ1) is 15.8. The zero-order valence-electron chi connectivity index (χ0n) is 10.8. The Morgan fingerprint density at radius 2 is 1.83 bits per heavy atom. The Balaban J connectivity index is 2.91. The number of rotatable bonds is 6. The summed E-state index contributed by atoms with van der Waals surface area (Å²) in [6.07, 6.45) is 1.92. The van der Waals surface area contributed by atoms with Crippen molar-refractivity contribution in [3.63, 3.8) is 0 Å². The molecule has 0 fully saturated rings. The maximum atomic E-state index is 12.5. The van der Waals surface area contributed by atoms with Gasteiger partial charge in [0, 0.05) is 27.6 Å². The lowest BCUT2D eigenvalue weighted by Gasteiger charge is -2.30. The molecule has 2 nitrogen and oxygen atoms in total. The number of benzene rings is 1. The van der Waals surface area contributed by atoms with Crippen molar-refractivity contribution in [1.29, 1.82) is 0 Å². The van der Waals surface area contributed by atoms with E-state index in [9.17, 15) is 4.79 Å². The lowest BCUT2D eigenvalue weighted by molar-refractivity contribution is 0.0681. The maximum absolute atomic E-state index is 12.5. The quantitative estimate of drug-likeness (QED) is 0.537. The van der Waals surface area contributed by atoms with Crippen molar-refractivity contribution in [2.24, 2.45) is 0 Å². The van der Waals surface area contributed by atoms with Crippen LogP contribution in [0.5, 0.6) is 0 Å². The minimum atomic E-state index is 0.0840. The molecule has 0 saturated carbocycles. The standard InChI is InChI=1S/C14H19ClINO/c1-3-13(4-2)17(10-9-15)14(18)11-5-7-12(16)8-6-11/h5-8,13H,3-4,9-10H2,1-2H3. The Bertz CT molecular complexity index is 376. The monoisotopic (exact) mass is 379 g/mol. The number of carbonyl (C=O) groups is 1. The van der Waals surface area contributed by atoms with Gasteiger partial charge in [-0.3, -0.25) is 4.79 Å². The molecule has 0 aliphatic carbocycles. The summed E-state index contributed by atoms with van der Waals surface area (Å²) in [6, 6.07) is 7.95. The number of hydrogen-bond acceptors (Lipinski definition) is 1. The van der Waals surface area contributed by atoms with Crippen LogP contribution in [0.15, 0.2) is 24.3 Å². The Hall–Kier alpha value is -0.290. The van der Waals surface area contributed by atoms with Gasteiger partial charge in [0.05, 0.1) is 0 Å². The van der Waals surface area contributed by atoms with Gasteiger partial charge in [-0.1, -0.05) is 13.8 Å². The molecule has 1 amide bonds. The molecule has 0 N–H and O–H groups in total. The van der Waals surface area contributed by atoms with Crippen molar-refractivity contribution >= 4 is 40.1 Å². The van der Waals surface area contributed by atoms with Gasteiger partial charge in [0.1, 0.15) is 0 Å². The van der Waals surface area contributed by atoms with Crippen LogP contribution in [-0.4, -0.2) is 29.3 Å². The van der Waals surface area contributed by atoms with Crippen molar-refractivity contribution in [3.8, 4) is 0 Å². The predicted octanol–water partition coefficient (Wildman–Crippen LogP) is 4.16. The van der Waals surface area contributed by atoms with Gasteiger partial charge in [-0.05, 0) is 59.7 Å². The number of amides is 1. The van der Waals surface area contributed by atoms with Crippen molar-refractivity contribution in [2.45, 2.75) is 32.7 Å². The molecular formula is C14H19ClINO. The predicted molar refractivity (Wildman–Crippen MR) is 85.3 cm³/mol. The largest absolute Gasteiger partial charge is 0.334 e. The van der Waals surface area contributed by atoms with E-state index in [1.165, 1.54) is 0 Å². The fourth-order valence-corrected chi connectivity index (χ4v) is 2.57. The number of hydrogen-bond donors (Lipinski definition) is 0. The molecule has 0 bridgehead atoms. The fourth-order valence-electron chi connectivity index (χ4n) is 2.03. The zero-order chi connectivity index (χ0) is 13.5. The summed E-state index contributed by atoms with van der Waals surface area (Å²) in [7, 11) is 0. The zero-order valence-corrected chi connectivity index (χ0v) is 13.7. The van der Waals surface area contributed by atoms with Gasteiger partial charge in [0.15, 0.2) is 0 Å². The third kappa shape index (κ3) is 4.12. The van der Waals surface area contributed by atoms with Crippen LogP contribution in [0, 0.1) is 3.57 Å². The van der Waals surface area contributed by atoms with Gasteiger partial charge >= 0.3 is 0 Å². The van der Waals surface area contributed by atoms with E-state index in [1.807, 2.05) is 29.2 Å². The second-order valence-electron chi connectivity index (χ2n) is 4.16. The van der Waals surface area contributed by atoms with Crippen LogP contribution in [0.3, 0.4) is 0 Å². The number of nitrogens with zero attached hydrogens (tertiary/aromatic N) is 1. The first-order valence-corrected chi connectivity index (χ1v) is 7.87. The van der Waals surface area contributed by atoms with Crippen molar-refractivity contribution in [2.75, 3.05) is 12.4 Å². The van der Waals surface area contributed by atoms with Gasteiger partial charge in [-0.15, -0.1) is 11.6 Å². The molecule has 1 aromatic rings. The van der Waals surface area contributed by atoms with Gasteiger partial charge < -0.3 is 4.90 Å². The molecule has 0 aromatic heterocycles. The van der Waals surface area contributed by atoms with Crippen LogP contribution >= 0.6 is 34.2 Å². The summed E-state index contributed by atoms with van der Waals surface area (Å²) in [6.45, 7) is 4.83. The van der Waals surface area contributed by atoms with E-state index >= 15 is 0 Å². The minimum Gasteiger partial charge on any atom is -0.334 e. The smallest absolute Gasteiger partial charge is 0.254 e. The van der Waals surface area contributed by atoms with E-state index in [4.69, 9.17) is 11.6 Å². The highest BCUT2D eigenvalue weighted by atomic mass is 127. The van der Waals surface area contributed by atoms with Gasteiger partial charge in [0.2, 0.25) is 0 Å². The topological polar surface area (TPSA) is 20.3 Å². The Morgan fingerprint density at radius 1 is 1.28 bits per heavy atom. The fraction of sp³-hybridized carbons (Fsp3) is 0.500. The van der Waals surface area contributed by atoms with Crippen molar-refractivity contribution < 1.29 is 4.79 Å². The third-order valence-corrected chi connectivity index (χ3v) is 3.95.